The van der Waals surface area contributed by atoms with Crippen LogP contribution >= 0.6 is 0 Å². The summed E-state index contributed by atoms with van der Waals surface area (Å²) in [5, 5.41) is 8.50. The van der Waals surface area contributed by atoms with E-state index in [1.165, 1.54) is 5.56 Å². The molecule has 1 aromatic heterocycles. The summed E-state index contributed by atoms with van der Waals surface area (Å²) in [5.74, 6) is 0.116. The van der Waals surface area contributed by atoms with Gasteiger partial charge in [-0.25, -0.2) is 4.98 Å². The van der Waals surface area contributed by atoms with Crippen molar-refractivity contribution in [3.63, 3.8) is 0 Å². The first kappa shape index (κ1) is 13.8. The van der Waals surface area contributed by atoms with Gasteiger partial charge in [-0.2, -0.15) is 5.26 Å². The first-order chi connectivity index (χ1) is 9.79. The molecule has 0 spiro atoms. The standard InChI is InChI=1S/C16H14N2O2/c17-11-9-15(19)14-7-4-8-16(18-14)20-12-10-13-5-2-1-3-6-13/h1-8H,9-10,12H2. The number of benzene rings is 1. The lowest BCUT2D eigenvalue weighted by atomic mass is 10.2. The van der Waals surface area contributed by atoms with Gasteiger partial charge in [-0.1, -0.05) is 36.4 Å². The zero-order valence-corrected chi connectivity index (χ0v) is 11.0. The molecule has 0 N–H and O–H groups in total. The van der Waals surface area contributed by atoms with Crippen molar-refractivity contribution < 1.29 is 9.53 Å². The monoisotopic (exact) mass is 266 g/mol. The van der Waals surface area contributed by atoms with Gasteiger partial charge >= 0.3 is 0 Å². The minimum atomic E-state index is -0.291. The van der Waals surface area contributed by atoms with Gasteiger partial charge in [-0.05, 0) is 11.6 Å². The van der Waals surface area contributed by atoms with E-state index in [1.54, 1.807) is 18.2 Å². The lowest BCUT2D eigenvalue weighted by Crippen LogP contribution is -2.06. The van der Waals surface area contributed by atoms with Crippen LogP contribution in [0.15, 0.2) is 48.5 Å². The van der Waals surface area contributed by atoms with Crippen LogP contribution in [0.5, 0.6) is 5.88 Å². The Balaban J connectivity index is 1.92. The van der Waals surface area contributed by atoms with Crippen molar-refractivity contribution in [1.82, 2.24) is 4.98 Å². The third-order valence-electron chi connectivity index (χ3n) is 2.73. The molecular weight excluding hydrogens is 252 g/mol. The Labute approximate surface area is 117 Å². The van der Waals surface area contributed by atoms with Gasteiger partial charge in [-0.3, -0.25) is 4.79 Å². The molecular formula is C16H14N2O2. The molecule has 20 heavy (non-hydrogen) atoms. The highest BCUT2D eigenvalue weighted by atomic mass is 16.5. The van der Waals surface area contributed by atoms with E-state index in [0.717, 1.165) is 6.42 Å². The van der Waals surface area contributed by atoms with E-state index in [4.69, 9.17) is 10.00 Å². The minimum absolute atomic E-state index is 0.166. The average molecular weight is 266 g/mol. The number of rotatable bonds is 6. The first-order valence-corrected chi connectivity index (χ1v) is 6.33. The highest BCUT2D eigenvalue weighted by Gasteiger charge is 2.07. The summed E-state index contributed by atoms with van der Waals surface area (Å²) in [6.45, 7) is 0.493. The highest BCUT2D eigenvalue weighted by molar-refractivity contribution is 5.95. The second kappa shape index (κ2) is 7.05. The number of Topliss-reactive ketones (excluding diaryl/α,β-unsaturated/α-hetero) is 1. The number of hydrogen-bond donors (Lipinski definition) is 0. The second-order valence-corrected chi connectivity index (χ2v) is 4.20. The summed E-state index contributed by atoms with van der Waals surface area (Å²) in [6.07, 6.45) is 0.610. The number of carbonyl (C=O) groups is 1. The zero-order valence-electron chi connectivity index (χ0n) is 11.0. The smallest absolute Gasteiger partial charge is 0.213 e. The van der Waals surface area contributed by atoms with Crippen LogP contribution < -0.4 is 4.74 Å². The Morgan fingerprint density at radius 1 is 1.15 bits per heavy atom. The number of ether oxygens (including phenoxy) is 1. The van der Waals surface area contributed by atoms with Gasteiger partial charge in [0.15, 0.2) is 5.78 Å². The largest absolute Gasteiger partial charge is 0.477 e. The lowest BCUT2D eigenvalue weighted by molar-refractivity contribution is 0.0992. The fourth-order valence-electron chi connectivity index (χ4n) is 1.73. The van der Waals surface area contributed by atoms with Gasteiger partial charge in [0.2, 0.25) is 5.88 Å². The van der Waals surface area contributed by atoms with Crippen molar-refractivity contribution in [3.8, 4) is 11.9 Å². The molecule has 0 aliphatic carbocycles. The Hall–Kier alpha value is -2.67. The van der Waals surface area contributed by atoms with Crippen molar-refractivity contribution in [3.05, 3.63) is 59.8 Å². The third-order valence-corrected chi connectivity index (χ3v) is 2.73. The molecule has 0 unspecified atom stereocenters. The van der Waals surface area contributed by atoms with Crippen molar-refractivity contribution in [2.75, 3.05) is 6.61 Å². The first-order valence-electron chi connectivity index (χ1n) is 6.33. The van der Waals surface area contributed by atoms with Gasteiger partial charge in [0, 0.05) is 12.5 Å². The van der Waals surface area contributed by atoms with Crippen molar-refractivity contribution in [2.24, 2.45) is 0 Å². The van der Waals surface area contributed by atoms with Gasteiger partial charge in [-0.15, -0.1) is 0 Å². The molecule has 1 heterocycles. The van der Waals surface area contributed by atoms with E-state index in [-0.39, 0.29) is 17.9 Å². The van der Waals surface area contributed by atoms with E-state index in [0.29, 0.717) is 12.5 Å². The topological polar surface area (TPSA) is 63.0 Å². The summed E-state index contributed by atoms with van der Waals surface area (Å²) in [5.41, 5.74) is 1.45. The van der Waals surface area contributed by atoms with Crippen LogP contribution in [0, 0.1) is 11.3 Å². The maximum atomic E-state index is 11.6. The predicted molar refractivity (Wildman–Crippen MR) is 74.4 cm³/mol. The van der Waals surface area contributed by atoms with Crippen molar-refractivity contribution in [2.45, 2.75) is 12.8 Å². The summed E-state index contributed by atoms with van der Waals surface area (Å²) >= 11 is 0. The highest BCUT2D eigenvalue weighted by Crippen LogP contribution is 2.10. The Kier molecular flexibility index (Phi) is 4.85. The van der Waals surface area contributed by atoms with E-state index >= 15 is 0 Å². The van der Waals surface area contributed by atoms with E-state index in [2.05, 4.69) is 4.98 Å². The molecule has 2 aromatic rings. The van der Waals surface area contributed by atoms with Crippen LogP contribution in [0.2, 0.25) is 0 Å². The van der Waals surface area contributed by atoms with Crippen LogP contribution in [-0.2, 0) is 6.42 Å². The molecule has 0 aliphatic rings. The molecule has 0 saturated heterocycles. The molecule has 0 bridgehead atoms. The van der Waals surface area contributed by atoms with E-state index in [1.807, 2.05) is 36.4 Å². The average Bonchev–Trinajstić information content (AvgIpc) is 2.49. The molecule has 0 saturated carbocycles. The Bertz CT molecular complexity index is 618. The quantitative estimate of drug-likeness (QED) is 0.754. The second-order valence-electron chi connectivity index (χ2n) is 4.20. The van der Waals surface area contributed by atoms with Crippen molar-refractivity contribution in [1.29, 1.82) is 5.26 Å². The summed E-state index contributed by atoms with van der Waals surface area (Å²) in [6, 6.07) is 16.8. The molecule has 4 heteroatoms. The Morgan fingerprint density at radius 2 is 1.95 bits per heavy atom. The maximum Gasteiger partial charge on any atom is 0.213 e. The number of ketones is 1. The third kappa shape index (κ3) is 3.92. The molecule has 4 nitrogen and oxygen atoms in total. The lowest BCUT2D eigenvalue weighted by Gasteiger charge is -2.06. The molecule has 0 aliphatic heterocycles. The van der Waals surface area contributed by atoms with Crippen LogP contribution in [0.25, 0.3) is 0 Å². The number of nitrogens with zero attached hydrogens (tertiary/aromatic N) is 2. The van der Waals surface area contributed by atoms with Gasteiger partial charge < -0.3 is 4.74 Å². The molecule has 0 atom stereocenters. The zero-order chi connectivity index (χ0) is 14.2. The number of hydrogen-bond acceptors (Lipinski definition) is 4. The molecule has 0 fully saturated rings. The molecule has 0 amide bonds. The van der Waals surface area contributed by atoms with Crippen LogP contribution in [0.3, 0.4) is 0 Å². The van der Waals surface area contributed by atoms with Gasteiger partial charge in [0.25, 0.3) is 0 Å². The Morgan fingerprint density at radius 3 is 2.70 bits per heavy atom. The fraction of sp³-hybridized carbons (Fsp3) is 0.188. The summed E-state index contributed by atoms with van der Waals surface area (Å²) in [4.78, 5) is 15.7. The van der Waals surface area contributed by atoms with E-state index in [9.17, 15) is 4.79 Å². The number of carbonyl (C=O) groups excluding carboxylic acids is 1. The van der Waals surface area contributed by atoms with Crippen LogP contribution in [-0.4, -0.2) is 17.4 Å². The van der Waals surface area contributed by atoms with E-state index < -0.39 is 0 Å². The van der Waals surface area contributed by atoms with Gasteiger partial charge in [0.05, 0.1) is 12.7 Å². The van der Waals surface area contributed by atoms with Crippen molar-refractivity contribution >= 4 is 5.78 Å². The normalized spacial score (nSPS) is 9.75. The molecule has 100 valence electrons. The molecule has 1 aromatic carbocycles. The van der Waals surface area contributed by atoms with Crippen LogP contribution in [0.4, 0.5) is 0 Å². The SMILES string of the molecule is N#CCC(=O)c1cccc(OCCc2ccccc2)n1. The maximum absolute atomic E-state index is 11.6. The molecule has 2 rings (SSSR count). The fourth-order valence-corrected chi connectivity index (χ4v) is 1.73. The summed E-state index contributed by atoms with van der Waals surface area (Å²) < 4.78 is 5.53. The number of nitriles is 1. The predicted octanol–water partition coefficient (Wildman–Crippen LogP) is 2.80. The van der Waals surface area contributed by atoms with Crippen LogP contribution in [0.1, 0.15) is 22.5 Å². The summed E-state index contributed by atoms with van der Waals surface area (Å²) in [7, 11) is 0. The minimum Gasteiger partial charge on any atom is -0.477 e. The number of pyridine rings is 1. The number of aromatic nitrogens is 1. The van der Waals surface area contributed by atoms with Gasteiger partial charge in [0.1, 0.15) is 12.1 Å². The molecule has 0 radical (unpaired) electrons.